The number of ether oxygens (including phenoxy) is 1. The average molecular weight is 255 g/mol. The Kier molecular flexibility index (Phi) is 4.15. The second kappa shape index (κ2) is 6.01. The van der Waals surface area contributed by atoms with Gasteiger partial charge in [-0.3, -0.25) is 0 Å². The Labute approximate surface area is 112 Å². The standard InChI is InChI=1S/C16H14FNO/c1-2-12-5-3-8-15(9-12)19-11-14-7-4-6-13(10-18)16(14)17/h3-9H,2,11H2,1H3. The third kappa shape index (κ3) is 3.11. The molecule has 2 aromatic carbocycles. The topological polar surface area (TPSA) is 33.0 Å². The maximum Gasteiger partial charge on any atom is 0.147 e. The van der Waals surface area contributed by atoms with Crippen molar-refractivity contribution >= 4 is 0 Å². The second-order valence-corrected chi connectivity index (χ2v) is 4.18. The van der Waals surface area contributed by atoms with Crippen LogP contribution in [0.1, 0.15) is 23.6 Å². The quantitative estimate of drug-likeness (QED) is 0.831. The maximum atomic E-state index is 13.8. The largest absolute Gasteiger partial charge is 0.489 e. The van der Waals surface area contributed by atoms with Crippen LogP contribution in [0.15, 0.2) is 42.5 Å². The average Bonchev–Trinajstić information content (AvgIpc) is 2.46. The first kappa shape index (κ1) is 13.1. The highest BCUT2D eigenvalue weighted by Gasteiger charge is 2.08. The van der Waals surface area contributed by atoms with Crippen LogP contribution in [0.4, 0.5) is 4.39 Å². The lowest BCUT2D eigenvalue weighted by Crippen LogP contribution is -2.00. The van der Waals surface area contributed by atoms with Gasteiger partial charge in [0.2, 0.25) is 0 Å². The zero-order chi connectivity index (χ0) is 13.7. The summed E-state index contributed by atoms with van der Waals surface area (Å²) in [6.07, 6.45) is 0.926. The van der Waals surface area contributed by atoms with E-state index in [1.54, 1.807) is 12.1 Å². The monoisotopic (exact) mass is 255 g/mol. The molecular weight excluding hydrogens is 241 g/mol. The normalized spacial score (nSPS) is 9.95. The lowest BCUT2D eigenvalue weighted by atomic mass is 10.1. The van der Waals surface area contributed by atoms with E-state index < -0.39 is 5.82 Å². The van der Waals surface area contributed by atoms with Crippen molar-refractivity contribution < 1.29 is 9.13 Å². The summed E-state index contributed by atoms with van der Waals surface area (Å²) in [4.78, 5) is 0. The van der Waals surface area contributed by atoms with Gasteiger partial charge < -0.3 is 4.74 Å². The molecule has 2 nitrogen and oxygen atoms in total. The van der Waals surface area contributed by atoms with Crippen molar-refractivity contribution in [2.75, 3.05) is 0 Å². The van der Waals surface area contributed by atoms with Crippen LogP contribution in [0.2, 0.25) is 0 Å². The number of benzene rings is 2. The van der Waals surface area contributed by atoms with Gasteiger partial charge in [0.25, 0.3) is 0 Å². The first-order valence-electron chi connectivity index (χ1n) is 6.13. The molecule has 0 bridgehead atoms. The summed E-state index contributed by atoms with van der Waals surface area (Å²) in [6, 6.07) is 14.3. The zero-order valence-electron chi connectivity index (χ0n) is 10.7. The van der Waals surface area contributed by atoms with E-state index in [0.29, 0.717) is 11.3 Å². The Hall–Kier alpha value is -2.34. The summed E-state index contributed by atoms with van der Waals surface area (Å²) >= 11 is 0. The van der Waals surface area contributed by atoms with E-state index >= 15 is 0 Å². The summed E-state index contributed by atoms with van der Waals surface area (Å²) in [6.45, 7) is 2.18. The smallest absolute Gasteiger partial charge is 0.147 e. The van der Waals surface area contributed by atoms with E-state index in [0.717, 1.165) is 6.42 Å². The third-order valence-corrected chi connectivity index (χ3v) is 2.90. The molecule has 0 spiro atoms. The molecule has 0 fully saturated rings. The van der Waals surface area contributed by atoms with Crippen LogP contribution in [0.25, 0.3) is 0 Å². The molecule has 0 amide bonds. The summed E-state index contributed by atoms with van der Waals surface area (Å²) in [5.74, 6) is 0.206. The second-order valence-electron chi connectivity index (χ2n) is 4.18. The first-order chi connectivity index (χ1) is 9.24. The number of nitriles is 1. The molecule has 0 aromatic heterocycles. The minimum Gasteiger partial charge on any atom is -0.489 e. The molecule has 19 heavy (non-hydrogen) atoms. The van der Waals surface area contributed by atoms with Gasteiger partial charge in [0, 0.05) is 5.56 Å². The number of halogens is 1. The van der Waals surface area contributed by atoms with E-state index in [1.807, 2.05) is 30.3 Å². The van der Waals surface area contributed by atoms with Crippen LogP contribution in [-0.4, -0.2) is 0 Å². The molecule has 0 aliphatic heterocycles. The van der Waals surface area contributed by atoms with Crippen molar-refractivity contribution in [1.29, 1.82) is 5.26 Å². The fourth-order valence-electron chi connectivity index (χ4n) is 1.79. The highest BCUT2D eigenvalue weighted by atomic mass is 19.1. The predicted molar refractivity (Wildman–Crippen MR) is 71.3 cm³/mol. The van der Waals surface area contributed by atoms with Gasteiger partial charge in [-0.15, -0.1) is 0 Å². The molecule has 0 saturated heterocycles. The van der Waals surface area contributed by atoms with Crippen LogP contribution < -0.4 is 4.74 Å². The maximum absolute atomic E-state index is 13.8. The minimum atomic E-state index is -0.503. The molecule has 0 aliphatic carbocycles. The van der Waals surface area contributed by atoms with Gasteiger partial charge in [-0.25, -0.2) is 4.39 Å². The Balaban J connectivity index is 2.12. The Morgan fingerprint density at radius 3 is 2.74 bits per heavy atom. The molecular formula is C16H14FNO. The van der Waals surface area contributed by atoms with Gasteiger partial charge >= 0.3 is 0 Å². The van der Waals surface area contributed by atoms with Crippen molar-refractivity contribution in [3.63, 3.8) is 0 Å². The van der Waals surface area contributed by atoms with Crippen LogP contribution in [0.5, 0.6) is 5.75 Å². The van der Waals surface area contributed by atoms with Crippen LogP contribution in [0, 0.1) is 17.1 Å². The van der Waals surface area contributed by atoms with Crippen molar-refractivity contribution in [3.05, 3.63) is 65.0 Å². The van der Waals surface area contributed by atoms with Gasteiger partial charge in [0.1, 0.15) is 24.2 Å². The highest BCUT2D eigenvalue weighted by Crippen LogP contribution is 2.18. The summed E-state index contributed by atoms with van der Waals surface area (Å²) in [7, 11) is 0. The fraction of sp³-hybridized carbons (Fsp3) is 0.188. The van der Waals surface area contributed by atoms with Crippen molar-refractivity contribution in [1.82, 2.24) is 0 Å². The molecule has 0 N–H and O–H groups in total. The zero-order valence-corrected chi connectivity index (χ0v) is 10.7. The van der Waals surface area contributed by atoms with E-state index in [9.17, 15) is 4.39 Å². The van der Waals surface area contributed by atoms with Gasteiger partial charge in [-0.05, 0) is 30.2 Å². The number of nitrogens with zero attached hydrogens (tertiary/aromatic N) is 1. The summed E-state index contributed by atoms with van der Waals surface area (Å²) in [5.41, 5.74) is 1.60. The molecule has 0 heterocycles. The van der Waals surface area contributed by atoms with Gasteiger partial charge in [-0.1, -0.05) is 31.2 Å². The lowest BCUT2D eigenvalue weighted by molar-refractivity contribution is 0.299. The Morgan fingerprint density at radius 1 is 1.21 bits per heavy atom. The van der Waals surface area contributed by atoms with Crippen molar-refractivity contribution in [2.24, 2.45) is 0 Å². The molecule has 0 radical (unpaired) electrons. The molecule has 96 valence electrons. The molecule has 3 heteroatoms. The highest BCUT2D eigenvalue weighted by molar-refractivity contribution is 5.35. The third-order valence-electron chi connectivity index (χ3n) is 2.90. The van der Waals surface area contributed by atoms with E-state index in [-0.39, 0.29) is 12.2 Å². The Morgan fingerprint density at radius 2 is 2.00 bits per heavy atom. The number of hydrogen-bond acceptors (Lipinski definition) is 2. The molecule has 0 saturated carbocycles. The van der Waals surface area contributed by atoms with Crippen molar-refractivity contribution in [3.8, 4) is 11.8 Å². The predicted octanol–water partition coefficient (Wildman–Crippen LogP) is 3.84. The SMILES string of the molecule is CCc1cccc(OCc2cccc(C#N)c2F)c1. The molecule has 0 aliphatic rings. The van der Waals surface area contributed by atoms with E-state index in [4.69, 9.17) is 10.00 Å². The van der Waals surface area contributed by atoms with Gasteiger partial charge in [0.15, 0.2) is 0 Å². The molecule has 2 aromatic rings. The first-order valence-corrected chi connectivity index (χ1v) is 6.13. The molecule has 0 unspecified atom stereocenters. The number of aryl methyl sites for hydroxylation is 1. The molecule has 2 rings (SSSR count). The van der Waals surface area contributed by atoms with Crippen LogP contribution >= 0.6 is 0 Å². The number of rotatable bonds is 4. The van der Waals surface area contributed by atoms with E-state index in [2.05, 4.69) is 6.92 Å². The van der Waals surface area contributed by atoms with Crippen molar-refractivity contribution in [2.45, 2.75) is 20.0 Å². The van der Waals surface area contributed by atoms with Crippen LogP contribution in [-0.2, 0) is 13.0 Å². The molecule has 0 atom stereocenters. The van der Waals surface area contributed by atoms with Crippen LogP contribution in [0.3, 0.4) is 0 Å². The van der Waals surface area contributed by atoms with E-state index in [1.165, 1.54) is 11.6 Å². The van der Waals surface area contributed by atoms with Gasteiger partial charge in [-0.2, -0.15) is 5.26 Å². The fourth-order valence-corrected chi connectivity index (χ4v) is 1.79. The Bertz CT molecular complexity index is 616. The summed E-state index contributed by atoms with van der Waals surface area (Å²) < 4.78 is 19.4. The summed E-state index contributed by atoms with van der Waals surface area (Å²) in [5, 5.41) is 8.77. The minimum absolute atomic E-state index is 0.0448. The lowest BCUT2D eigenvalue weighted by Gasteiger charge is -2.08. The number of hydrogen-bond donors (Lipinski definition) is 0. The van der Waals surface area contributed by atoms with Gasteiger partial charge in [0.05, 0.1) is 5.56 Å².